The molecule has 1 aromatic rings. The first kappa shape index (κ1) is 16.0. The van der Waals surface area contributed by atoms with E-state index in [-0.39, 0.29) is 12.5 Å². The fraction of sp³-hybridized carbons (Fsp3) is 0.588. The Balaban J connectivity index is 1.90. The summed E-state index contributed by atoms with van der Waals surface area (Å²) < 4.78 is 0. The van der Waals surface area contributed by atoms with Gasteiger partial charge in [-0.25, -0.2) is 0 Å². The number of rotatable bonds is 6. The van der Waals surface area contributed by atoms with Crippen molar-refractivity contribution in [1.82, 2.24) is 9.80 Å². The van der Waals surface area contributed by atoms with Crippen molar-refractivity contribution in [2.24, 2.45) is 5.92 Å². The van der Waals surface area contributed by atoms with Gasteiger partial charge in [-0.1, -0.05) is 37.3 Å². The second-order valence-electron chi connectivity index (χ2n) is 6.01. The number of piperidine rings is 1. The number of hydrogen-bond donors (Lipinski definition) is 1. The van der Waals surface area contributed by atoms with Gasteiger partial charge < -0.3 is 10.0 Å². The predicted octanol–water partition coefficient (Wildman–Crippen LogP) is 1.74. The number of nitrogens with zero attached hydrogens (tertiary/aromatic N) is 2. The molecule has 1 saturated heterocycles. The van der Waals surface area contributed by atoms with E-state index in [2.05, 4.69) is 19.1 Å². The van der Waals surface area contributed by atoms with Crippen LogP contribution in [0.15, 0.2) is 30.3 Å². The van der Waals surface area contributed by atoms with Crippen LogP contribution in [-0.2, 0) is 11.3 Å². The zero-order valence-electron chi connectivity index (χ0n) is 12.9. The standard InChI is InChI=1S/C17H26N2O2/c1-15-6-5-9-19(12-15)17(21)14-18(10-11-20)13-16-7-3-2-4-8-16/h2-4,7-8,15,20H,5-6,9-14H2,1H3/t15-/m0/s1. The lowest BCUT2D eigenvalue weighted by Gasteiger charge is -2.33. The lowest BCUT2D eigenvalue weighted by molar-refractivity contribution is -0.134. The summed E-state index contributed by atoms with van der Waals surface area (Å²) in [5, 5.41) is 9.21. The molecule has 0 aromatic heterocycles. The third-order valence-corrected chi connectivity index (χ3v) is 4.03. The molecule has 1 heterocycles. The van der Waals surface area contributed by atoms with Crippen LogP contribution in [0.25, 0.3) is 0 Å². The minimum Gasteiger partial charge on any atom is -0.395 e. The van der Waals surface area contributed by atoms with Crippen LogP contribution >= 0.6 is 0 Å². The first-order chi connectivity index (χ1) is 10.2. The lowest BCUT2D eigenvalue weighted by atomic mass is 10.0. The van der Waals surface area contributed by atoms with Crippen LogP contribution in [0.5, 0.6) is 0 Å². The van der Waals surface area contributed by atoms with Crippen LogP contribution in [0.2, 0.25) is 0 Å². The van der Waals surface area contributed by atoms with Crippen molar-refractivity contribution in [3.05, 3.63) is 35.9 Å². The minimum absolute atomic E-state index is 0.0799. The SMILES string of the molecule is C[C@H]1CCCN(C(=O)CN(CCO)Cc2ccccc2)C1. The Morgan fingerprint density at radius 2 is 2.14 bits per heavy atom. The summed E-state index contributed by atoms with van der Waals surface area (Å²) in [4.78, 5) is 16.4. The molecule has 0 unspecified atom stereocenters. The number of carbonyl (C=O) groups is 1. The Morgan fingerprint density at radius 1 is 1.38 bits per heavy atom. The van der Waals surface area contributed by atoms with E-state index in [1.165, 1.54) is 12.0 Å². The van der Waals surface area contributed by atoms with Crippen molar-refractivity contribution < 1.29 is 9.90 Å². The number of benzene rings is 1. The summed E-state index contributed by atoms with van der Waals surface area (Å²) in [7, 11) is 0. The molecule has 1 amide bonds. The smallest absolute Gasteiger partial charge is 0.236 e. The van der Waals surface area contributed by atoms with Gasteiger partial charge in [0, 0.05) is 26.2 Å². The van der Waals surface area contributed by atoms with E-state index < -0.39 is 0 Å². The number of aliphatic hydroxyl groups excluding tert-OH is 1. The maximum Gasteiger partial charge on any atom is 0.236 e. The molecule has 0 spiro atoms. The molecule has 21 heavy (non-hydrogen) atoms. The summed E-state index contributed by atoms with van der Waals surface area (Å²) in [6.45, 7) is 5.66. The molecule has 1 aromatic carbocycles. The van der Waals surface area contributed by atoms with E-state index in [0.29, 0.717) is 25.6 Å². The molecule has 0 bridgehead atoms. The van der Waals surface area contributed by atoms with Gasteiger partial charge in [0.1, 0.15) is 0 Å². The molecule has 1 aliphatic heterocycles. The van der Waals surface area contributed by atoms with Gasteiger partial charge in [0.15, 0.2) is 0 Å². The second kappa shape index (κ2) is 8.15. The molecule has 1 N–H and O–H groups in total. The third kappa shape index (κ3) is 5.14. The molecule has 0 saturated carbocycles. The molecular weight excluding hydrogens is 264 g/mol. The highest BCUT2D eigenvalue weighted by atomic mass is 16.3. The van der Waals surface area contributed by atoms with E-state index in [9.17, 15) is 9.90 Å². The van der Waals surface area contributed by atoms with E-state index in [1.807, 2.05) is 28.0 Å². The Labute approximate surface area is 127 Å². The maximum atomic E-state index is 12.4. The topological polar surface area (TPSA) is 43.8 Å². The fourth-order valence-electron chi connectivity index (χ4n) is 2.90. The van der Waals surface area contributed by atoms with Gasteiger partial charge >= 0.3 is 0 Å². The van der Waals surface area contributed by atoms with Crippen molar-refractivity contribution in [1.29, 1.82) is 0 Å². The highest BCUT2D eigenvalue weighted by Gasteiger charge is 2.22. The summed E-state index contributed by atoms with van der Waals surface area (Å²) in [6, 6.07) is 10.1. The van der Waals surface area contributed by atoms with Crippen LogP contribution in [0, 0.1) is 5.92 Å². The van der Waals surface area contributed by atoms with Gasteiger partial charge in [0.2, 0.25) is 5.91 Å². The summed E-state index contributed by atoms with van der Waals surface area (Å²) in [5.41, 5.74) is 1.17. The van der Waals surface area contributed by atoms with Gasteiger partial charge in [-0.15, -0.1) is 0 Å². The molecule has 2 rings (SSSR count). The van der Waals surface area contributed by atoms with E-state index >= 15 is 0 Å². The molecule has 1 aliphatic rings. The summed E-state index contributed by atoms with van der Waals surface area (Å²) in [5.74, 6) is 0.786. The predicted molar refractivity (Wildman–Crippen MR) is 83.8 cm³/mol. The fourth-order valence-corrected chi connectivity index (χ4v) is 2.90. The van der Waals surface area contributed by atoms with Crippen LogP contribution < -0.4 is 0 Å². The zero-order valence-corrected chi connectivity index (χ0v) is 12.9. The Kier molecular flexibility index (Phi) is 6.21. The van der Waals surface area contributed by atoms with Gasteiger partial charge in [-0.2, -0.15) is 0 Å². The Bertz CT molecular complexity index is 436. The normalized spacial score (nSPS) is 19.0. The molecule has 0 radical (unpaired) electrons. The molecule has 1 atom stereocenters. The molecule has 4 nitrogen and oxygen atoms in total. The number of likely N-dealkylation sites (tertiary alicyclic amines) is 1. The lowest BCUT2D eigenvalue weighted by Crippen LogP contribution is -2.45. The van der Waals surface area contributed by atoms with Crippen molar-refractivity contribution in [2.75, 3.05) is 32.8 Å². The molecular formula is C17H26N2O2. The van der Waals surface area contributed by atoms with Gasteiger partial charge in [0.05, 0.1) is 13.2 Å². The third-order valence-electron chi connectivity index (χ3n) is 4.03. The highest BCUT2D eigenvalue weighted by molar-refractivity contribution is 5.78. The largest absolute Gasteiger partial charge is 0.395 e. The van der Waals surface area contributed by atoms with Crippen LogP contribution in [0.3, 0.4) is 0 Å². The summed E-state index contributed by atoms with van der Waals surface area (Å²) >= 11 is 0. The second-order valence-corrected chi connectivity index (χ2v) is 6.01. The maximum absolute atomic E-state index is 12.4. The van der Waals surface area contributed by atoms with Crippen molar-refractivity contribution in [2.45, 2.75) is 26.3 Å². The number of aliphatic hydroxyl groups is 1. The quantitative estimate of drug-likeness (QED) is 0.868. The average molecular weight is 290 g/mol. The monoisotopic (exact) mass is 290 g/mol. The molecule has 4 heteroatoms. The number of hydrogen-bond acceptors (Lipinski definition) is 3. The minimum atomic E-state index is 0.0799. The molecule has 0 aliphatic carbocycles. The van der Waals surface area contributed by atoms with Crippen LogP contribution in [0.1, 0.15) is 25.3 Å². The molecule has 116 valence electrons. The van der Waals surface area contributed by atoms with E-state index in [1.54, 1.807) is 0 Å². The Morgan fingerprint density at radius 3 is 2.81 bits per heavy atom. The average Bonchev–Trinajstić information content (AvgIpc) is 2.48. The van der Waals surface area contributed by atoms with Crippen LogP contribution in [-0.4, -0.2) is 53.6 Å². The highest BCUT2D eigenvalue weighted by Crippen LogP contribution is 2.16. The summed E-state index contributed by atoms with van der Waals surface area (Å²) in [6.07, 6.45) is 2.32. The van der Waals surface area contributed by atoms with Gasteiger partial charge in [-0.05, 0) is 24.3 Å². The van der Waals surface area contributed by atoms with Gasteiger partial charge in [0.25, 0.3) is 0 Å². The van der Waals surface area contributed by atoms with Gasteiger partial charge in [-0.3, -0.25) is 9.69 Å². The number of amides is 1. The first-order valence-electron chi connectivity index (χ1n) is 7.84. The van der Waals surface area contributed by atoms with Crippen LogP contribution in [0.4, 0.5) is 0 Å². The molecule has 1 fully saturated rings. The van der Waals surface area contributed by atoms with Crippen molar-refractivity contribution in [3.63, 3.8) is 0 Å². The number of carbonyl (C=O) groups excluding carboxylic acids is 1. The van der Waals surface area contributed by atoms with Crippen molar-refractivity contribution in [3.8, 4) is 0 Å². The zero-order chi connectivity index (χ0) is 15.1. The van der Waals surface area contributed by atoms with E-state index in [4.69, 9.17) is 0 Å². The first-order valence-corrected chi connectivity index (χ1v) is 7.84. The Hall–Kier alpha value is -1.39. The van der Waals surface area contributed by atoms with E-state index in [0.717, 1.165) is 19.5 Å². The van der Waals surface area contributed by atoms with Crippen molar-refractivity contribution >= 4 is 5.91 Å².